The van der Waals surface area contributed by atoms with Gasteiger partial charge in [0.05, 0.1) is 6.61 Å². The summed E-state index contributed by atoms with van der Waals surface area (Å²) >= 11 is 6.43. The Balaban J connectivity index is 3.21. The molecule has 0 N–H and O–H groups in total. The van der Waals surface area contributed by atoms with Crippen LogP contribution in [0.2, 0.25) is 5.02 Å². The average molecular weight is 311 g/mol. The summed E-state index contributed by atoms with van der Waals surface area (Å²) in [4.78, 5) is 11.3. The van der Waals surface area contributed by atoms with Crippen LogP contribution < -0.4 is 4.74 Å². The molecule has 0 fully saturated rings. The van der Waals surface area contributed by atoms with E-state index in [0.29, 0.717) is 18.9 Å². The molecule has 0 radical (unpaired) electrons. The SMILES string of the molecule is CCCOc1cc(C)c(Cl)c(C)c1C(CC)CCC(C)=O. The number of carbonyl (C=O) groups excluding carboxylic acids is 1. The topological polar surface area (TPSA) is 26.3 Å². The molecule has 21 heavy (non-hydrogen) atoms. The standard InChI is InChI=1S/C18H27ClO2/c1-6-10-21-16-11-12(3)18(19)14(5)17(16)15(7-2)9-8-13(4)20/h11,15H,6-10H2,1-5H3. The highest BCUT2D eigenvalue weighted by Crippen LogP contribution is 2.39. The van der Waals surface area contributed by atoms with Crippen LogP contribution in [0.5, 0.6) is 5.75 Å². The summed E-state index contributed by atoms with van der Waals surface area (Å²) in [5.41, 5.74) is 3.33. The summed E-state index contributed by atoms with van der Waals surface area (Å²) in [5.74, 6) is 1.49. The van der Waals surface area contributed by atoms with Crippen molar-refractivity contribution in [2.24, 2.45) is 0 Å². The molecule has 2 nitrogen and oxygen atoms in total. The third-order valence-corrected chi connectivity index (χ3v) is 4.48. The fraction of sp³-hybridized carbons (Fsp3) is 0.611. The highest BCUT2D eigenvalue weighted by Gasteiger charge is 2.21. The summed E-state index contributed by atoms with van der Waals surface area (Å²) < 4.78 is 5.95. The molecule has 0 amide bonds. The van der Waals surface area contributed by atoms with Gasteiger partial charge in [-0.2, -0.15) is 0 Å². The van der Waals surface area contributed by atoms with Gasteiger partial charge in [-0.05, 0) is 63.1 Å². The van der Waals surface area contributed by atoms with E-state index >= 15 is 0 Å². The minimum atomic E-state index is 0.236. The van der Waals surface area contributed by atoms with E-state index in [9.17, 15) is 4.79 Å². The highest BCUT2D eigenvalue weighted by molar-refractivity contribution is 6.32. The number of hydrogen-bond donors (Lipinski definition) is 0. The van der Waals surface area contributed by atoms with E-state index in [2.05, 4.69) is 20.8 Å². The summed E-state index contributed by atoms with van der Waals surface area (Å²) in [6.45, 7) is 10.7. The number of aryl methyl sites for hydroxylation is 1. The van der Waals surface area contributed by atoms with Crippen LogP contribution in [0.4, 0.5) is 0 Å². The molecule has 0 heterocycles. The second-order valence-electron chi connectivity index (χ2n) is 5.74. The predicted molar refractivity (Wildman–Crippen MR) is 89.7 cm³/mol. The highest BCUT2D eigenvalue weighted by atomic mass is 35.5. The van der Waals surface area contributed by atoms with Crippen LogP contribution in [0.3, 0.4) is 0 Å². The minimum Gasteiger partial charge on any atom is -0.493 e. The van der Waals surface area contributed by atoms with Gasteiger partial charge in [0.25, 0.3) is 0 Å². The molecule has 0 spiro atoms. The van der Waals surface area contributed by atoms with Crippen LogP contribution in [-0.2, 0) is 4.79 Å². The lowest BCUT2D eigenvalue weighted by molar-refractivity contribution is -0.117. The summed E-state index contributed by atoms with van der Waals surface area (Å²) in [7, 11) is 0. The van der Waals surface area contributed by atoms with Crippen LogP contribution in [0.25, 0.3) is 0 Å². The molecule has 1 atom stereocenters. The molecule has 1 unspecified atom stereocenters. The van der Waals surface area contributed by atoms with Crippen molar-refractivity contribution in [1.82, 2.24) is 0 Å². The Morgan fingerprint density at radius 2 is 2.00 bits per heavy atom. The van der Waals surface area contributed by atoms with Crippen molar-refractivity contribution in [1.29, 1.82) is 0 Å². The summed E-state index contributed by atoms with van der Waals surface area (Å²) in [6.07, 6.45) is 3.42. The number of halogens is 1. The second-order valence-corrected chi connectivity index (χ2v) is 6.12. The Morgan fingerprint density at radius 1 is 1.33 bits per heavy atom. The second kappa shape index (κ2) is 8.43. The number of ketones is 1. The van der Waals surface area contributed by atoms with E-state index in [1.54, 1.807) is 6.92 Å². The van der Waals surface area contributed by atoms with Crippen molar-refractivity contribution in [2.45, 2.75) is 66.2 Å². The zero-order valence-electron chi connectivity index (χ0n) is 13.9. The van der Waals surface area contributed by atoms with Crippen LogP contribution in [0.15, 0.2) is 6.07 Å². The first-order valence-corrected chi connectivity index (χ1v) is 8.21. The molecule has 0 saturated carbocycles. The first kappa shape index (κ1) is 18.0. The van der Waals surface area contributed by atoms with Crippen molar-refractivity contribution in [3.05, 3.63) is 27.8 Å². The van der Waals surface area contributed by atoms with Crippen molar-refractivity contribution in [3.63, 3.8) is 0 Å². The average Bonchev–Trinajstić information content (AvgIpc) is 2.45. The van der Waals surface area contributed by atoms with Gasteiger partial charge in [-0.15, -0.1) is 0 Å². The third-order valence-electron chi connectivity index (χ3n) is 3.90. The van der Waals surface area contributed by atoms with Crippen molar-refractivity contribution in [2.75, 3.05) is 6.61 Å². The van der Waals surface area contributed by atoms with Crippen molar-refractivity contribution >= 4 is 17.4 Å². The number of ether oxygens (including phenoxy) is 1. The van der Waals surface area contributed by atoms with Crippen molar-refractivity contribution < 1.29 is 9.53 Å². The lowest BCUT2D eigenvalue weighted by Gasteiger charge is -2.23. The smallest absolute Gasteiger partial charge is 0.129 e. The maximum Gasteiger partial charge on any atom is 0.129 e. The Morgan fingerprint density at radius 3 is 2.52 bits per heavy atom. The predicted octanol–water partition coefficient (Wildman–Crippen LogP) is 5.61. The van der Waals surface area contributed by atoms with E-state index in [1.807, 2.05) is 13.0 Å². The molecule has 1 aromatic rings. The molecule has 0 aliphatic rings. The molecule has 0 bridgehead atoms. The molecule has 3 heteroatoms. The summed E-state index contributed by atoms with van der Waals surface area (Å²) in [5, 5.41) is 0.815. The van der Waals surface area contributed by atoms with Gasteiger partial charge in [0, 0.05) is 17.0 Å². The molecule has 118 valence electrons. The number of benzene rings is 1. The zero-order valence-corrected chi connectivity index (χ0v) is 14.6. The van der Waals surface area contributed by atoms with Gasteiger partial charge in [0.2, 0.25) is 0 Å². The number of rotatable bonds is 8. The Hall–Kier alpha value is -1.02. The van der Waals surface area contributed by atoms with Gasteiger partial charge in [-0.1, -0.05) is 25.4 Å². The molecular weight excluding hydrogens is 284 g/mol. The number of Topliss-reactive ketones (excluding diaryl/α,β-unsaturated/α-hetero) is 1. The number of carbonyl (C=O) groups is 1. The third kappa shape index (κ3) is 4.74. The maximum atomic E-state index is 11.3. The number of hydrogen-bond acceptors (Lipinski definition) is 2. The monoisotopic (exact) mass is 310 g/mol. The van der Waals surface area contributed by atoms with E-state index in [1.165, 1.54) is 5.56 Å². The molecule has 0 aliphatic heterocycles. The first-order valence-electron chi connectivity index (χ1n) is 7.84. The van der Waals surface area contributed by atoms with E-state index in [-0.39, 0.29) is 5.78 Å². The lowest BCUT2D eigenvalue weighted by Crippen LogP contribution is -2.08. The Kier molecular flexibility index (Phi) is 7.24. The van der Waals surface area contributed by atoms with E-state index in [0.717, 1.165) is 41.2 Å². The molecule has 0 aromatic heterocycles. The van der Waals surface area contributed by atoms with Gasteiger partial charge in [-0.3, -0.25) is 0 Å². The fourth-order valence-electron chi connectivity index (χ4n) is 2.71. The van der Waals surface area contributed by atoms with Gasteiger partial charge in [-0.25, -0.2) is 0 Å². The molecule has 1 aromatic carbocycles. The van der Waals surface area contributed by atoms with E-state index in [4.69, 9.17) is 16.3 Å². The largest absolute Gasteiger partial charge is 0.493 e. The quantitative estimate of drug-likeness (QED) is 0.624. The molecule has 0 saturated heterocycles. The van der Waals surface area contributed by atoms with Gasteiger partial charge >= 0.3 is 0 Å². The van der Waals surface area contributed by atoms with E-state index < -0.39 is 0 Å². The minimum absolute atomic E-state index is 0.236. The fourth-order valence-corrected chi connectivity index (χ4v) is 2.86. The van der Waals surface area contributed by atoms with Crippen LogP contribution in [0, 0.1) is 13.8 Å². The first-order chi connectivity index (χ1) is 9.92. The van der Waals surface area contributed by atoms with Crippen molar-refractivity contribution in [3.8, 4) is 5.75 Å². The molecule has 1 rings (SSSR count). The zero-order chi connectivity index (χ0) is 16.0. The summed E-state index contributed by atoms with van der Waals surface area (Å²) in [6, 6.07) is 2.04. The Labute approximate surface area is 133 Å². The van der Waals surface area contributed by atoms with Crippen LogP contribution in [-0.4, -0.2) is 12.4 Å². The lowest BCUT2D eigenvalue weighted by atomic mass is 9.86. The van der Waals surface area contributed by atoms with Gasteiger partial charge in [0.15, 0.2) is 0 Å². The normalized spacial score (nSPS) is 12.3. The Bertz CT molecular complexity index is 494. The van der Waals surface area contributed by atoms with Crippen LogP contribution >= 0.6 is 11.6 Å². The maximum absolute atomic E-state index is 11.3. The van der Waals surface area contributed by atoms with Gasteiger partial charge < -0.3 is 9.53 Å². The van der Waals surface area contributed by atoms with Gasteiger partial charge in [0.1, 0.15) is 11.5 Å². The molecule has 0 aliphatic carbocycles. The van der Waals surface area contributed by atoms with Crippen LogP contribution in [0.1, 0.15) is 69.1 Å². The molecular formula is C18H27ClO2.